The van der Waals surface area contributed by atoms with Crippen LogP contribution in [0.25, 0.3) is 21.6 Å². The van der Waals surface area contributed by atoms with E-state index in [4.69, 9.17) is 5.90 Å². The van der Waals surface area contributed by atoms with Gasteiger partial charge in [0.05, 0.1) is 11.7 Å². The molecule has 0 bridgehead atoms. The summed E-state index contributed by atoms with van der Waals surface area (Å²) in [4.78, 5) is 4.30. The summed E-state index contributed by atoms with van der Waals surface area (Å²) < 4.78 is 1.88. The fraction of sp³-hybridized carbons (Fsp3) is 0.467. The molecule has 0 atom stereocenters. The maximum atomic E-state index is 9.40. The molecular formula is C15H22FeN6O. The normalized spacial score (nSPS) is 13.9. The summed E-state index contributed by atoms with van der Waals surface area (Å²) in [7, 11) is 0. The molecule has 1 aliphatic heterocycles. The van der Waals surface area contributed by atoms with E-state index < -0.39 is 0 Å². The zero-order chi connectivity index (χ0) is 15.9. The molecule has 1 aromatic heterocycles. The average molecular weight is 358 g/mol. The molecule has 2 heterocycles. The van der Waals surface area contributed by atoms with Crippen molar-refractivity contribution in [3.8, 4) is 0 Å². The van der Waals surface area contributed by atoms with Gasteiger partial charge in [-0.2, -0.15) is 11.0 Å². The molecule has 0 saturated carbocycles. The predicted molar refractivity (Wildman–Crippen MR) is 88.8 cm³/mol. The molecule has 0 aliphatic carbocycles. The van der Waals surface area contributed by atoms with Gasteiger partial charge in [0.25, 0.3) is 0 Å². The molecule has 2 aromatic rings. The van der Waals surface area contributed by atoms with Gasteiger partial charge in [-0.1, -0.05) is 12.1 Å². The van der Waals surface area contributed by atoms with E-state index in [-0.39, 0.29) is 29.0 Å². The van der Waals surface area contributed by atoms with Gasteiger partial charge in [0.15, 0.2) is 0 Å². The van der Waals surface area contributed by atoms with Crippen LogP contribution in [0.5, 0.6) is 0 Å². The first kappa shape index (κ1) is 19.6. The van der Waals surface area contributed by atoms with Crippen LogP contribution in [0.3, 0.4) is 0 Å². The number of rotatable bonds is 2. The number of aromatic nitrogens is 2. The van der Waals surface area contributed by atoms with Crippen LogP contribution in [0.2, 0.25) is 0 Å². The number of benzene rings is 1. The second-order valence-electron chi connectivity index (χ2n) is 5.30. The Kier molecular flexibility index (Phi) is 8.22. The van der Waals surface area contributed by atoms with Gasteiger partial charge < -0.3 is 20.9 Å². The summed E-state index contributed by atoms with van der Waals surface area (Å²) in [5.74, 6) is 4.62. The van der Waals surface area contributed by atoms with Gasteiger partial charge in [-0.25, -0.2) is 0 Å². The SMILES string of the molecule is C1CNCC[N-]1.CC(C)n1ncc2ccc(C(=[N-])ON)cc21.[Fe+2]. The Balaban J connectivity index is 0.000000320. The van der Waals surface area contributed by atoms with Crippen molar-refractivity contribution in [3.63, 3.8) is 0 Å². The smallest absolute Gasteiger partial charge is 0.769 e. The number of nitrogens with two attached hydrogens (primary N) is 1. The summed E-state index contributed by atoms with van der Waals surface area (Å²) >= 11 is 0. The molecule has 1 fully saturated rings. The molecule has 8 heteroatoms. The molecule has 1 aliphatic rings. The summed E-state index contributed by atoms with van der Waals surface area (Å²) in [6.07, 6.45) is 1.79. The predicted octanol–water partition coefficient (Wildman–Crippen LogP) is 1.78. The van der Waals surface area contributed by atoms with Crippen LogP contribution in [0.15, 0.2) is 24.4 Å². The number of nitrogens with one attached hydrogen (secondary N) is 1. The summed E-state index contributed by atoms with van der Waals surface area (Å²) in [6.45, 7) is 8.28. The molecule has 7 nitrogen and oxygen atoms in total. The molecule has 0 unspecified atom stereocenters. The van der Waals surface area contributed by atoms with Crippen molar-refractivity contribution in [2.24, 2.45) is 5.90 Å². The minimum Gasteiger partial charge on any atom is -0.769 e. The molecule has 3 rings (SSSR count). The molecule has 1 aromatic carbocycles. The topological polar surface area (TPSA) is 102 Å². The van der Waals surface area contributed by atoms with Crippen LogP contribution in [0.1, 0.15) is 25.5 Å². The molecule has 0 amide bonds. The van der Waals surface area contributed by atoms with Crippen LogP contribution in [-0.4, -0.2) is 41.9 Å². The third-order valence-electron chi connectivity index (χ3n) is 3.34. The van der Waals surface area contributed by atoms with Crippen molar-refractivity contribution in [2.45, 2.75) is 19.9 Å². The maximum absolute atomic E-state index is 9.40. The Bertz CT molecular complexity index is 612. The summed E-state index contributed by atoms with van der Waals surface area (Å²) in [6, 6.07) is 5.65. The van der Waals surface area contributed by atoms with Gasteiger partial charge in [-0.05, 0) is 38.6 Å². The number of piperazine rings is 1. The third-order valence-corrected chi connectivity index (χ3v) is 3.34. The van der Waals surface area contributed by atoms with E-state index in [1.54, 1.807) is 18.3 Å². The van der Waals surface area contributed by atoms with Gasteiger partial charge in [0.1, 0.15) is 0 Å². The van der Waals surface area contributed by atoms with Crippen LogP contribution < -0.4 is 11.2 Å². The second kappa shape index (κ2) is 9.64. The van der Waals surface area contributed by atoms with E-state index in [1.807, 2.05) is 24.6 Å². The molecule has 1 saturated heterocycles. The number of hydrogen-bond donors (Lipinski definition) is 2. The van der Waals surface area contributed by atoms with Gasteiger partial charge in [-0.3, -0.25) is 4.68 Å². The maximum Gasteiger partial charge on any atom is 2.00 e. The Labute approximate surface area is 146 Å². The van der Waals surface area contributed by atoms with Gasteiger partial charge in [-0.15, -0.1) is 13.1 Å². The van der Waals surface area contributed by atoms with E-state index in [1.165, 1.54) is 0 Å². The molecule has 0 radical (unpaired) electrons. The van der Waals surface area contributed by atoms with E-state index in [0.717, 1.165) is 37.1 Å². The first-order valence-corrected chi connectivity index (χ1v) is 7.37. The third kappa shape index (κ3) is 5.30. The van der Waals surface area contributed by atoms with Crippen molar-refractivity contribution in [3.05, 3.63) is 40.7 Å². The van der Waals surface area contributed by atoms with E-state index >= 15 is 0 Å². The van der Waals surface area contributed by atoms with E-state index in [0.29, 0.717) is 5.56 Å². The molecule has 0 spiro atoms. The molecule has 3 N–H and O–H groups in total. The molecule has 23 heavy (non-hydrogen) atoms. The van der Waals surface area contributed by atoms with E-state index in [2.05, 4.69) is 20.6 Å². The van der Waals surface area contributed by atoms with Crippen molar-refractivity contribution in [1.29, 1.82) is 0 Å². The fourth-order valence-corrected chi connectivity index (χ4v) is 2.20. The monoisotopic (exact) mass is 358 g/mol. The quantitative estimate of drug-likeness (QED) is 0.370. The first-order valence-electron chi connectivity index (χ1n) is 7.37. The van der Waals surface area contributed by atoms with Gasteiger partial charge in [0.2, 0.25) is 0 Å². The fourth-order valence-electron chi connectivity index (χ4n) is 2.20. The molecular weight excluding hydrogens is 336 g/mol. The average Bonchev–Trinajstić information content (AvgIpc) is 2.99. The summed E-state index contributed by atoms with van der Waals surface area (Å²) in [5.41, 5.74) is 1.48. The Hall–Kier alpha value is -1.44. The zero-order valence-corrected chi connectivity index (χ0v) is 14.4. The van der Waals surface area contributed by atoms with Gasteiger partial charge >= 0.3 is 17.1 Å². The van der Waals surface area contributed by atoms with Crippen molar-refractivity contribution in [1.82, 2.24) is 15.1 Å². The minimum absolute atomic E-state index is 0. The zero-order valence-electron chi connectivity index (χ0n) is 13.3. The minimum atomic E-state index is -0.293. The van der Waals surface area contributed by atoms with Crippen LogP contribution in [0.4, 0.5) is 0 Å². The second-order valence-corrected chi connectivity index (χ2v) is 5.30. The Morgan fingerprint density at radius 2 is 2.09 bits per heavy atom. The van der Waals surface area contributed by atoms with Crippen molar-refractivity contribution in [2.75, 3.05) is 26.2 Å². The van der Waals surface area contributed by atoms with Crippen LogP contribution >= 0.6 is 0 Å². The molecule has 126 valence electrons. The largest absolute Gasteiger partial charge is 2.00 e. The van der Waals surface area contributed by atoms with Crippen LogP contribution in [0, 0.1) is 0 Å². The number of fused-ring (bicyclic) bond motifs is 1. The first-order chi connectivity index (χ1) is 10.6. The van der Waals surface area contributed by atoms with Crippen molar-refractivity contribution < 1.29 is 21.9 Å². The number of hydrogen-bond acceptors (Lipinski definition) is 4. The Morgan fingerprint density at radius 1 is 1.39 bits per heavy atom. The standard InChI is InChI=1S/C11H13N4O.C4H9N2.Fe/c1-7(2)15-10-5-8(11(12)16-13)3-4-9(10)6-14-15;1-2-6-4-3-5-1;/h3-7H,13H2,1-2H3;5H,1-4H2;/q2*-1;+2. The van der Waals surface area contributed by atoms with E-state index in [9.17, 15) is 5.41 Å². The summed E-state index contributed by atoms with van der Waals surface area (Å²) in [5, 5.41) is 22.0. The van der Waals surface area contributed by atoms with Crippen molar-refractivity contribution >= 4 is 16.8 Å². The van der Waals surface area contributed by atoms with Gasteiger partial charge in [0, 0.05) is 17.3 Å². The Morgan fingerprint density at radius 3 is 2.57 bits per heavy atom. The number of nitrogens with zero attached hydrogens (tertiary/aromatic N) is 4. The van der Waals surface area contributed by atoms with Crippen LogP contribution in [-0.2, 0) is 21.9 Å².